The zero-order chi connectivity index (χ0) is 43.8. The molecule has 0 aliphatic carbocycles. The van der Waals surface area contributed by atoms with Crippen LogP contribution in [0.25, 0.3) is 60.2 Å². The minimum Gasteiger partial charge on any atom is -0.405 e. The lowest BCUT2D eigenvalue weighted by Gasteiger charge is -2.26. The van der Waals surface area contributed by atoms with Gasteiger partial charge in [-0.25, -0.2) is 0 Å². The van der Waals surface area contributed by atoms with E-state index in [1.165, 1.54) is 28.6 Å². The Morgan fingerprint density at radius 1 is 0.855 bits per heavy atom. The molecule has 1 aliphatic rings. The van der Waals surface area contributed by atoms with Gasteiger partial charge in [0, 0.05) is 39.5 Å². The third kappa shape index (κ3) is 8.86. The first kappa shape index (κ1) is 42.3. The number of benzene rings is 5. The van der Waals surface area contributed by atoms with Crippen LogP contribution in [0.4, 0.5) is 0 Å². The number of fused-ring (bicyclic) bond motifs is 6. The van der Waals surface area contributed by atoms with E-state index in [4.69, 9.17) is 22.6 Å². The van der Waals surface area contributed by atoms with Gasteiger partial charge in [0.15, 0.2) is 0 Å². The molecule has 6 nitrogen and oxygen atoms in total. The second kappa shape index (κ2) is 19.0. The maximum atomic E-state index is 7.55. The molecular weight excluding hydrogens is 757 g/mol. The van der Waals surface area contributed by atoms with Crippen molar-refractivity contribution in [3.8, 4) is 5.69 Å². The van der Waals surface area contributed by atoms with E-state index in [-0.39, 0.29) is 6.04 Å². The number of nitrogens with one attached hydrogen (secondary N) is 2. The smallest absolute Gasteiger partial charge is 0.0701 e. The van der Waals surface area contributed by atoms with Crippen LogP contribution in [0.5, 0.6) is 0 Å². The summed E-state index contributed by atoms with van der Waals surface area (Å²) in [7, 11) is 0. The fraction of sp³-hybridized carbons (Fsp3) is 0.0893. The van der Waals surface area contributed by atoms with Gasteiger partial charge in [0.25, 0.3) is 0 Å². The van der Waals surface area contributed by atoms with Gasteiger partial charge >= 0.3 is 0 Å². The minimum atomic E-state index is -0.182. The Balaban J connectivity index is 1.47. The van der Waals surface area contributed by atoms with E-state index in [0.717, 1.165) is 83.1 Å². The van der Waals surface area contributed by atoms with Crippen molar-refractivity contribution in [3.63, 3.8) is 0 Å². The number of allylic oxidation sites excluding steroid dienone is 15. The van der Waals surface area contributed by atoms with Gasteiger partial charge < -0.3 is 32.5 Å². The molecular formula is C56H54N6. The fourth-order valence-corrected chi connectivity index (χ4v) is 8.03. The Labute approximate surface area is 365 Å². The molecule has 1 unspecified atom stereocenters. The largest absolute Gasteiger partial charge is 0.405 e. The number of nitrogens with zero attached hydrogens (tertiary/aromatic N) is 1. The molecule has 8 N–H and O–H groups in total. The molecule has 0 amide bonds. The Bertz CT molecular complexity index is 3070. The summed E-state index contributed by atoms with van der Waals surface area (Å²) in [5.41, 5.74) is 31.4. The molecule has 1 aromatic heterocycles. The molecule has 2 heterocycles. The monoisotopic (exact) mass is 810 g/mol. The van der Waals surface area contributed by atoms with Gasteiger partial charge in [-0.1, -0.05) is 122 Å². The number of hydrogen-bond donors (Lipinski definition) is 5. The Morgan fingerprint density at radius 2 is 1.63 bits per heavy atom. The summed E-state index contributed by atoms with van der Waals surface area (Å²) in [4.78, 5) is 0. The summed E-state index contributed by atoms with van der Waals surface area (Å²) in [6, 6.07) is 33.0. The highest BCUT2D eigenvalue weighted by atomic mass is 15.0. The molecule has 0 saturated heterocycles. The molecule has 0 saturated carbocycles. The lowest BCUT2D eigenvalue weighted by molar-refractivity contribution is 0.764. The quantitative estimate of drug-likeness (QED) is 0.0556. The maximum absolute atomic E-state index is 7.55. The van der Waals surface area contributed by atoms with Crippen molar-refractivity contribution in [2.45, 2.75) is 33.2 Å². The summed E-state index contributed by atoms with van der Waals surface area (Å²) in [6.45, 7) is 14.3. The highest BCUT2D eigenvalue weighted by Crippen LogP contribution is 2.40. The van der Waals surface area contributed by atoms with Crippen LogP contribution in [0, 0.1) is 5.41 Å². The van der Waals surface area contributed by atoms with Crippen LogP contribution in [-0.2, 0) is 0 Å². The van der Waals surface area contributed by atoms with Gasteiger partial charge in [0.05, 0.1) is 17.1 Å². The first-order chi connectivity index (χ1) is 30.2. The normalized spacial score (nSPS) is 15.9. The number of hydrogen-bond acceptors (Lipinski definition) is 5. The second-order valence-electron chi connectivity index (χ2n) is 15.4. The topological polar surface area (TPSA) is 119 Å². The van der Waals surface area contributed by atoms with E-state index in [1.54, 1.807) is 18.4 Å². The molecule has 1 aliphatic heterocycles. The first-order valence-corrected chi connectivity index (χ1v) is 20.8. The third-order valence-corrected chi connectivity index (χ3v) is 11.3. The van der Waals surface area contributed by atoms with E-state index < -0.39 is 0 Å². The SMILES string of the molecule is C=C/C=C(C)/C(N)=C/C(=C\CC(/C=C\C)=C/N)c1ccc2c(ccc3c4ccc(C5=CC(C(=C)/C=C\C=N)NC(/C(C)=C/C=C\N)=C5)cc4n(-c4ccc5ccccc5c4)c23)c1. The summed E-state index contributed by atoms with van der Waals surface area (Å²) < 4.78 is 2.42. The number of nitrogens with two attached hydrogens (primary N) is 3. The standard InChI is InChI=1S/C56H54N6/c1-6-12-37(3)52(60)32-44(19-18-40(36-59)13-7-2)43-21-25-49-46(30-43)23-27-51-50-26-22-45(35-55(50)62(56(49)51)48-24-20-41-16-8-9-17-42(41)31-48)47-33-53(38(4)14-10-28-57)61-54(34-47)39(5)15-11-29-58/h6-17,19-36,53,57,61H,1,4,18,58-60H2,2-3,5H3/b13-7-,14-10-,29-11-,37-12+,39-15+,40-36+,44-19+,52-32-,57-28?. The molecule has 308 valence electrons. The van der Waals surface area contributed by atoms with Crippen LogP contribution in [0.2, 0.25) is 0 Å². The lowest BCUT2D eigenvalue weighted by Crippen LogP contribution is -2.31. The fourth-order valence-electron chi connectivity index (χ4n) is 8.03. The van der Waals surface area contributed by atoms with Gasteiger partial charge in [-0.15, -0.1) is 0 Å². The lowest BCUT2D eigenvalue weighted by atomic mass is 9.93. The molecule has 0 bridgehead atoms. The number of dihydropyridines is 1. The number of aromatic nitrogens is 1. The summed E-state index contributed by atoms with van der Waals surface area (Å²) >= 11 is 0. The summed E-state index contributed by atoms with van der Waals surface area (Å²) in [5.74, 6) is 0. The molecule has 0 fully saturated rings. The van der Waals surface area contributed by atoms with Crippen LogP contribution in [0.15, 0.2) is 223 Å². The zero-order valence-corrected chi connectivity index (χ0v) is 35.7. The Hall–Kier alpha value is -7.83. The van der Waals surface area contributed by atoms with Crippen molar-refractivity contribution in [3.05, 3.63) is 234 Å². The van der Waals surface area contributed by atoms with E-state index in [0.29, 0.717) is 12.1 Å². The molecule has 6 heteroatoms. The average Bonchev–Trinajstić information content (AvgIpc) is 3.64. The van der Waals surface area contributed by atoms with Crippen LogP contribution >= 0.6 is 0 Å². The van der Waals surface area contributed by atoms with Gasteiger partial charge in [0.2, 0.25) is 0 Å². The molecule has 7 rings (SSSR count). The highest BCUT2D eigenvalue weighted by Gasteiger charge is 2.21. The molecule has 6 aromatic rings. The molecule has 1 atom stereocenters. The number of rotatable bonds is 14. The van der Waals surface area contributed by atoms with Gasteiger partial charge in [-0.3, -0.25) is 0 Å². The third-order valence-electron chi connectivity index (χ3n) is 11.3. The predicted molar refractivity (Wildman–Crippen MR) is 269 cm³/mol. The van der Waals surface area contributed by atoms with E-state index in [2.05, 4.69) is 139 Å². The molecule has 0 spiro atoms. The summed E-state index contributed by atoms with van der Waals surface area (Å²) in [5, 5.41) is 18.1. The van der Waals surface area contributed by atoms with Crippen molar-refractivity contribution in [1.82, 2.24) is 9.88 Å². The molecule has 0 radical (unpaired) electrons. The van der Waals surface area contributed by atoms with Crippen molar-refractivity contribution in [2.75, 3.05) is 0 Å². The summed E-state index contributed by atoms with van der Waals surface area (Å²) in [6.07, 6.45) is 28.8. The molecule has 5 aromatic carbocycles. The van der Waals surface area contributed by atoms with Crippen LogP contribution in [0.3, 0.4) is 0 Å². The maximum Gasteiger partial charge on any atom is 0.0701 e. The van der Waals surface area contributed by atoms with Crippen molar-refractivity contribution in [1.29, 1.82) is 5.41 Å². The van der Waals surface area contributed by atoms with Gasteiger partial charge in [-0.2, -0.15) is 0 Å². The second-order valence-corrected chi connectivity index (χ2v) is 15.4. The van der Waals surface area contributed by atoms with Crippen molar-refractivity contribution in [2.24, 2.45) is 17.2 Å². The predicted octanol–water partition coefficient (Wildman–Crippen LogP) is 12.7. The highest BCUT2D eigenvalue weighted by molar-refractivity contribution is 6.19. The van der Waals surface area contributed by atoms with Crippen molar-refractivity contribution >= 4 is 60.7 Å². The first-order valence-electron chi connectivity index (χ1n) is 20.8. The Kier molecular flexibility index (Phi) is 13.0. The van der Waals surface area contributed by atoms with Gasteiger partial charge in [0.1, 0.15) is 0 Å². The van der Waals surface area contributed by atoms with Crippen molar-refractivity contribution < 1.29 is 0 Å². The van der Waals surface area contributed by atoms with Crippen LogP contribution < -0.4 is 22.5 Å². The van der Waals surface area contributed by atoms with Gasteiger partial charge in [-0.05, 0) is 155 Å². The van der Waals surface area contributed by atoms with E-state index >= 15 is 0 Å². The minimum absolute atomic E-state index is 0.182. The van der Waals surface area contributed by atoms with Crippen LogP contribution in [0.1, 0.15) is 38.3 Å². The zero-order valence-electron chi connectivity index (χ0n) is 35.7. The average molecular weight is 811 g/mol. The van der Waals surface area contributed by atoms with E-state index in [9.17, 15) is 0 Å². The Morgan fingerprint density at radius 3 is 2.39 bits per heavy atom. The molecule has 62 heavy (non-hydrogen) atoms. The van der Waals surface area contributed by atoms with E-state index in [1.807, 2.05) is 56.4 Å². The van der Waals surface area contributed by atoms with Crippen LogP contribution in [-0.4, -0.2) is 16.8 Å².